The van der Waals surface area contributed by atoms with E-state index in [1.807, 2.05) is 0 Å². The molecule has 1 unspecified atom stereocenters. The quantitative estimate of drug-likeness (QED) is 0.775. The molecule has 1 fully saturated rings. The molecule has 5 nitrogen and oxygen atoms in total. The van der Waals surface area contributed by atoms with Crippen molar-refractivity contribution in [2.45, 2.75) is 31.6 Å². The molecule has 1 atom stereocenters. The van der Waals surface area contributed by atoms with Gasteiger partial charge in [0.2, 0.25) is 5.91 Å². The van der Waals surface area contributed by atoms with Crippen molar-refractivity contribution in [3.05, 3.63) is 64.7 Å². The van der Waals surface area contributed by atoms with Crippen LogP contribution in [0.15, 0.2) is 48.5 Å². The lowest BCUT2D eigenvalue weighted by Crippen LogP contribution is -2.67. The van der Waals surface area contributed by atoms with Crippen molar-refractivity contribution < 1.29 is 27.5 Å². The molecule has 0 spiro atoms. The van der Waals surface area contributed by atoms with Gasteiger partial charge in [0.15, 0.2) is 0 Å². The number of carbonyl (C=O) groups excluding carboxylic acids is 2. The number of carbonyl (C=O) groups is 2. The smallest absolute Gasteiger partial charge is 0.410 e. The first-order chi connectivity index (χ1) is 13.6. The Balaban J connectivity index is 1.66. The zero-order valence-corrected chi connectivity index (χ0v) is 16.2. The third-order valence-corrected chi connectivity index (χ3v) is 5.14. The molecule has 1 saturated heterocycles. The van der Waals surface area contributed by atoms with Crippen molar-refractivity contribution in [1.29, 1.82) is 0 Å². The van der Waals surface area contributed by atoms with Crippen molar-refractivity contribution >= 4 is 23.6 Å². The Labute approximate surface area is 170 Å². The van der Waals surface area contributed by atoms with Crippen LogP contribution in [0.2, 0.25) is 5.02 Å². The van der Waals surface area contributed by atoms with E-state index in [1.165, 1.54) is 12.1 Å². The van der Waals surface area contributed by atoms with Crippen LogP contribution in [0.5, 0.6) is 5.75 Å². The second-order valence-electron chi connectivity index (χ2n) is 6.85. The standard InChI is InChI=1S/C20H18ClF3N2O3/c1-19(17(27)25-12-13-6-8-14(21)9-7-13)10-11-26(19)18(28)29-16-5-3-2-4-15(16)20(22,23)24/h2-9H,10-12H2,1H3,(H,25,27). The number of amides is 2. The molecule has 2 aromatic carbocycles. The number of nitrogens with zero attached hydrogens (tertiary/aromatic N) is 1. The minimum Gasteiger partial charge on any atom is -0.410 e. The molecule has 0 aromatic heterocycles. The number of halogens is 4. The minimum atomic E-state index is -4.66. The SMILES string of the molecule is CC1(C(=O)NCc2ccc(Cl)cc2)CCN1C(=O)Oc1ccccc1C(F)(F)F. The number of hydrogen-bond acceptors (Lipinski definition) is 3. The highest BCUT2D eigenvalue weighted by molar-refractivity contribution is 6.30. The van der Waals surface area contributed by atoms with Crippen molar-refractivity contribution in [1.82, 2.24) is 10.2 Å². The maximum atomic E-state index is 13.1. The fraction of sp³-hybridized carbons (Fsp3) is 0.300. The molecule has 9 heteroatoms. The van der Waals surface area contributed by atoms with Crippen LogP contribution in [-0.4, -0.2) is 29.0 Å². The van der Waals surface area contributed by atoms with Gasteiger partial charge in [-0.2, -0.15) is 13.2 Å². The first-order valence-electron chi connectivity index (χ1n) is 8.80. The average molecular weight is 427 g/mol. The van der Waals surface area contributed by atoms with Gasteiger partial charge < -0.3 is 10.1 Å². The van der Waals surface area contributed by atoms with Crippen LogP contribution in [0.3, 0.4) is 0 Å². The van der Waals surface area contributed by atoms with Gasteiger partial charge in [0.05, 0.1) is 5.56 Å². The van der Waals surface area contributed by atoms with E-state index in [1.54, 1.807) is 31.2 Å². The molecule has 2 aromatic rings. The molecule has 1 N–H and O–H groups in total. The topological polar surface area (TPSA) is 58.6 Å². The largest absolute Gasteiger partial charge is 0.419 e. The molecule has 0 bridgehead atoms. The van der Waals surface area contributed by atoms with E-state index >= 15 is 0 Å². The molecule has 1 heterocycles. The number of likely N-dealkylation sites (tertiary alicyclic amines) is 1. The number of hydrogen-bond donors (Lipinski definition) is 1. The van der Waals surface area contributed by atoms with Crippen LogP contribution >= 0.6 is 11.6 Å². The Morgan fingerprint density at radius 3 is 2.41 bits per heavy atom. The molecular weight excluding hydrogens is 409 g/mol. The summed E-state index contributed by atoms with van der Waals surface area (Å²) in [7, 11) is 0. The summed E-state index contributed by atoms with van der Waals surface area (Å²) in [5.74, 6) is -1.01. The van der Waals surface area contributed by atoms with Crippen LogP contribution in [-0.2, 0) is 17.5 Å². The van der Waals surface area contributed by atoms with Crippen LogP contribution < -0.4 is 10.1 Å². The van der Waals surface area contributed by atoms with Gasteiger partial charge in [0, 0.05) is 18.1 Å². The van der Waals surface area contributed by atoms with Crippen molar-refractivity contribution in [3.63, 3.8) is 0 Å². The van der Waals surface area contributed by atoms with Gasteiger partial charge in [-0.25, -0.2) is 4.79 Å². The zero-order valence-electron chi connectivity index (χ0n) is 15.4. The lowest BCUT2D eigenvalue weighted by atomic mass is 9.86. The average Bonchev–Trinajstić information content (AvgIpc) is 2.65. The van der Waals surface area contributed by atoms with E-state index in [2.05, 4.69) is 5.32 Å². The monoisotopic (exact) mass is 426 g/mol. The van der Waals surface area contributed by atoms with Crippen LogP contribution in [0.25, 0.3) is 0 Å². The van der Waals surface area contributed by atoms with Gasteiger partial charge in [0.25, 0.3) is 0 Å². The summed E-state index contributed by atoms with van der Waals surface area (Å²) in [5.41, 5.74) is -1.43. The Kier molecular flexibility index (Phi) is 5.75. The molecule has 154 valence electrons. The molecule has 1 aliphatic heterocycles. The number of benzene rings is 2. The lowest BCUT2D eigenvalue weighted by molar-refractivity contribution is -0.140. The first-order valence-corrected chi connectivity index (χ1v) is 9.17. The summed E-state index contributed by atoms with van der Waals surface area (Å²) in [4.78, 5) is 26.2. The van der Waals surface area contributed by atoms with E-state index in [0.29, 0.717) is 11.4 Å². The molecule has 0 radical (unpaired) electrons. The minimum absolute atomic E-state index is 0.206. The van der Waals surface area contributed by atoms with E-state index < -0.39 is 35.0 Å². The highest BCUT2D eigenvalue weighted by atomic mass is 35.5. The number of para-hydroxylation sites is 1. The second-order valence-corrected chi connectivity index (χ2v) is 7.28. The second kappa shape index (κ2) is 7.94. The Morgan fingerprint density at radius 1 is 1.17 bits per heavy atom. The highest BCUT2D eigenvalue weighted by Gasteiger charge is 2.50. The lowest BCUT2D eigenvalue weighted by Gasteiger charge is -2.47. The van der Waals surface area contributed by atoms with Gasteiger partial charge in [-0.3, -0.25) is 9.69 Å². The van der Waals surface area contributed by atoms with Crippen molar-refractivity contribution in [3.8, 4) is 5.75 Å². The number of ether oxygens (including phenoxy) is 1. The Bertz CT molecular complexity index is 918. The fourth-order valence-electron chi connectivity index (χ4n) is 3.00. The van der Waals surface area contributed by atoms with E-state index in [0.717, 1.165) is 22.6 Å². The fourth-order valence-corrected chi connectivity index (χ4v) is 3.13. The molecule has 1 aliphatic rings. The Morgan fingerprint density at radius 2 is 1.83 bits per heavy atom. The van der Waals surface area contributed by atoms with E-state index in [4.69, 9.17) is 16.3 Å². The maximum Gasteiger partial charge on any atom is 0.419 e. The highest BCUT2D eigenvalue weighted by Crippen LogP contribution is 2.37. The summed E-state index contributed by atoms with van der Waals surface area (Å²) in [6.45, 7) is 1.98. The molecule has 0 saturated carbocycles. The summed E-state index contributed by atoms with van der Waals surface area (Å²) in [6.07, 6.45) is -5.29. The maximum absolute atomic E-state index is 13.1. The first kappa shape index (κ1) is 21.0. The molecule has 3 rings (SSSR count). The van der Waals surface area contributed by atoms with Gasteiger partial charge in [-0.05, 0) is 43.2 Å². The molecule has 2 amide bonds. The number of rotatable bonds is 4. The van der Waals surface area contributed by atoms with Crippen molar-refractivity contribution in [2.24, 2.45) is 0 Å². The number of nitrogens with one attached hydrogen (secondary N) is 1. The van der Waals surface area contributed by atoms with Gasteiger partial charge >= 0.3 is 12.3 Å². The third-order valence-electron chi connectivity index (χ3n) is 4.88. The van der Waals surface area contributed by atoms with Gasteiger partial charge in [-0.1, -0.05) is 35.9 Å². The summed E-state index contributed by atoms with van der Waals surface area (Å²) in [6, 6.07) is 11.3. The molecular formula is C20H18ClF3N2O3. The number of alkyl halides is 3. The zero-order chi connectivity index (χ0) is 21.2. The van der Waals surface area contributed by atoms with Crippen LogP contribution in [0.4, 0.5) is 18.0 Å². The van der Waals surface area contributed by atoms with E-state index in [-0.39, 0.29) is 13.1 Å². The normalized spacial score (nSPS) is 18.7. The summed E-state index contributed by atoms with van der Waals surface area (Å²) in [5, 5.41) is 3.30. The molecule has 0 aliphatic carbocycles. The summed E-state index contributed by atoms with van der Waals surface area (Å²) < 4.78 is 44.2. The predicted octanol–water partition coefficient (Wildman–Crippen LogP) is 4.64. The van der Waals surface area contributed by atoms with Crippen LogP contribution in [0.1, 0.15) is 24.5 Å². The van der Waals surface area contributed by atoms with Gasteiger partial charge in [0.1, 0.15) is 11.3 Å². The van der Waals surface area contributed by atoms with E-state index in [9.17, 15) is 22.8 Å². The van der Waals surface area contributed by atoms with Crippen LogP contribution in [0, 0.1) is 0 Å². The Hall–Kier alpha value is -2.74. The van der Waals surface area contributed by atoms with Crippen molar-refractivity contribution in [2.75, 3.05) is 6.54 Å². The predicted molar refractivity (Wildman–Crippen MR) is 100 cm³/mol. The van der Waals surface area contributed by atoms with Gasteiger partial charge in [-0.15, -0.1) is 0 Å². The third kappa shape index (κ3) is 4.48. The molecule has 29 heavy (non-hydrogen) atoms. The summed E-state index contributed by atoms with van der Waals surface area (Å²) >= 11 is 5.82.